The van der Waals surface area contributed by atoms with Gasteiger partial charge in [0.15, 0.2) is 5.78 Å². The Kier molecular flexibility index (Phi) is 5.59. The van der Waals surface area contributed by atoms with Crippen LogP contribution in [0.15, 0.2) is 53.4 Å². The van der Waals surface area contributed by atoms with Crippen LogP contribution in [0, 0.1) is 0 Å². The highest BCUT2D eigenvalue weighted by Crippen LogP contribution is 2.26. The third-order valence-electron chi connectivity index (χ3n) is 3.11. The average Bonchev–Trinajstić information content (AvgIpc) is 2.56. The van der Waals surface area contributed by atoms with E-state index in [2.05, 4.69) is 4.72 Å². The van der Waals surface area contributed by atoms with Gasteiger partial charge in [-0.15, -0.1) is 0 Å². The number of ketones is 1. The molecule has 0 atom stereocenters. The van der Waals surface area contributed by atoms with Crippen LogP contribution in [0.1, 0.15) is 15.9 Å². The third kappa shape index (κ3) is 4.20. The lowest BCUT2D eigenvalue weighted by atomic mass is 10.1. The minimum Gasteiger partial charge on any atom is -0.289 e. The monoisotopic (exact) mass is 369 g/mol. The maximum atomic E-state index is 12.1. The maximum absolute atomic E-state index is 12.1. The number of hydrogen-bond acceptors (Lipinski definition) is 3. The summed E-state index contributed by atoms with van der Waals surface area (Å²) >= 11 is 11.9. The molecular weight excluding hydrogens is 357 g/mol. The van der Waals surface area contributed by atoms with Gasteiger partial charge in [0.2, 0.25) is 10.0 Å². The van der Waals surface area contributed by atoms with Crippen LogP contribution in [-0.2, 0) is 10.0 Å². The lowest BCUT2D eigenvalue weighted by Crippen LogP contribution is -2.18. The van der Waals surface area contributed by atoms with Crippen LogP contribution in [0.2, 0.25) is 10.0 Å². The smallest absolute Gasteiger partial charge is 0.240 e. The molecular formula is C16H13Cl2NO3S. The molecule has 23 heavy (non-hydrogen) atoms. The molecule has 0 spiro atoms. The molecule has 0 heterocycles. The summed E-state index contributed by atoms with van der Waals surface area (Å²) < 4.78 is 25.5. The van der Waals surface area contributed by atoms with Crippen LogP contribution < -0.4 is 4.72 Å². The van der Waals surface area contributed by atoms with E-state index in [1.807, 2.05) is 0 Å². The molecule has 0 aliphatic rings. The normalized spacial score (nSPS) is 11.8. The molecule has 0 aliphatic carbocycles. The van der Waals surface area contributed by atoms with Gasteiger partial charge in [-0.3, -0.25) is 4.79 Å². The minimum absolute atomic E-state index is 0.0958. The summed E-state index contributed by atoms with van der Waals surface area (Å²) in [5.74, 6) is -0.269. The predicted molar refractivity (Wildman–Crippen MR) is 92.5 cm³/mol. The van der Waals surface area contributed by atoms with Crippen molar-refractivity contribution in [1.29, 1.82) is 0 Å². The Morgan fingerprint density at radius 1 is 1.09 bits per heavy atom. The van der Waals surface area contributed by atoms with Crippen LogP contribution in [-0.4, -0.2) is 21.2 Å². The van der Waals surface area contributed by atoms with Crippen molar-refractivity contribution in [2.24, 2.45) is 0 Å². The van der Waals surface area contributed by atoms with E-state index in [-0.39, 0.29) is 10.7 Å². The van der Waals surface area contributed by atoms with Crippen molar-refractivity contribution in [2.75, 3.05) is 7.05 Å². The number of benzene rings is 2. The lowest BCUT2D eigenvalue weighted by Gasteiger charge is -2.03. The fourth-order valence-electron chi connectivity index (χ4n) is 1.83. The first-order valence-electron chi connectivity index (χ1n) is 6.55. The van der Waals surface area contributed by atoms with Gasteiger partial charge in [-0.2, -0.15) is 0 Å². The van der Waals surface area contributed by atoms with Gasteiger partial charge >= 0.3 is 0 Å². The van der Waals surface area contributed by atoms with E-state index in [0.717, 1.165) is 0 Å². The van der Waals surface area contributed by atoms with Gasteiger partial charge in [-0.1, -0.05) is 35.3 Å². The number of nitrogens with one attached hydrogen (secondary N) is 1. The van der Waals surface area contributed by atoms with E-state index in [9.17, 15) is 13.2 Å². The fourth-order valence-corrected chi connectivity index (χ4v) is 2.93. The van der Waals surface area contributed by atoms with E-state index in [4.69, 9.17) is 23.2 Å². The van der Waals surface area contributed by atoms with Crippen LogP contribution in [0.4, 0.5) is 0 Å². The molecule has 2 aromatic carbocycles. The number of hydrogen-bond donors (Lipinski definition) is 1. The number of allylic oxidation sites excluding steroid dienone is 1. The molecule has 2 aromatic rings. The summed E-state index contributed by atoms with van der Waals surface area (Å²) in [5, 5.41) is 0.775. The van der Waals surface area contributed by atoms with Gasteiger partial charge in [0.25, 0.3) is 0 Å². The zero-order valence-corrected chi connectivity index (χ0v) is 14.4. The zero-order valence-electron chi connectivity index (χ0n) is 12.1. The summed E-state index contributed by atoms with van der Waals surface area (Å²) in [6, 6.07) is 10.8. The Morgan fingerprint density at radius 3 is 2.35 bits per heavy atom. The quantitative estimate of drug-likeness (QED) is 0.643. The Labute approximate surface area is 144 Å². The molecule has 0 saturated carbocycles. The van der Waals surface area contributed by atoms with Crippen LogP contribution in [0.3, 0.4) is 0 Å². The molecule has 0 amide bonds. The van der Waals surface area contributed by atoms with Crippen molar-refractivity contribution < 1.29 is 13.2 Å². The molecule has 0 radical (unpaired) electrons. The Morgan fingerprint density at radius 2 is 1.74 bits per heavy atom. The molecule has 0 unspecified atom stereocenters. The lowest BCUT2D eigenvalue weighted by molar-refractivity contribution is 0.104. The first-order chi connectivity index (χ1) is 10.8. The standard InChI is InChI=1S/C16H13Cl2NO3S/c1-19-23(21,22)13-8-5-11(6-9-13)15(20)10-7-12-3-2-4-14(17)16(12)18/h2-10,19H,1H3/b10-7+. The van der Waals surface area contributed by atoms with Crippen molar-refractivity contribution in [3.63, 3.8) is 0 Å². The molecule has 0 saturated heterocycles. The van der Waals surface area contributed by atoms with E-state index in [0.29, 0.717) is 21.2 Å². The highest BCUT2D eigenvalue weighted by molar-refractivity contribution is 7.89. The number of halogens is 2. The van der Waals surface area contributed by atoms with Gasteiger partial charge in [-0.25, -0.2) is 13.1 Å². The van der Waals surface area contributed by atoms with Gasteiger partial charge in [0.05, 0.1) is 14.9 Å². The van der Waals surface area contributed by atoms with Crippen molar-refractivity contribution in [2.45, 2.75) is 4.90 Å². The number of rotatable bonds is 5. The average molecular weight is 370 g/mol. The van der Waals surface area contributed by atoms with E-state index in [1.54, 1.807) is 24.3 Å². The topological polar surface area (TPSA) is 63.2 Å². The summed E-state index contributed by atoms with van der Waals surface area (Å²) in [4.78, 5) is 12.2. The summed E-state index contributed by atoms with van der Waals surface area (Å²) in [6.07, 6.45) is 2.92. The van der Waals surface area contributed by atoms with Gasteiger partial charge in [0.1, 0.15) is 0 Å². The second-order valence-corrected chi connectivity index (χ2v) is 7.24. The van der Waals surface area contributed by atoms with Gasteiger partial charge in [0, 0.05) is 5.56 Å². The number of carbonyl (C=O) groups is 1. The highest BCUT2D eigenvalue weighted by atomic mass is 35.5. The highest BCUT2D eigenvalue weighted by Gasteiger charge is 2.11. The van der Waals surface area contributed by atoms with Crippen molar-refractivity contribution in [3.8, 4) is 0 Å². The predicted octanol–water partition coefficient (Wildman–Crippen LogP) is 3.80. The largest absolute Gasteiger partial charge is 0.289 e. The summed E-state index contributed by atoms with van der Waals surface area (Å²) in [7, 11) is -2.19. The van der Waals surface area contributed by atoms with Gasteiger partial charge < -0.3 is 0 Å². The van der Waals surface area contributed by atoms with E-state index < -0.39 is 10.0 Å². The Balaban J connectivity index is 2.21. The number of carbonyl (C=O) groups excluding carboxylic acids is 1. The third-order valence-corrected chi connectivity index (χ3v) is 5.38. The van der Waals surface area contributed by atoms with Crippen LogP contribution in [0.25, 0.3) is 6.08 Å². The van der Waals surface area contributed by atoms with Crippen molar-refractivity contribution in [3.05, 3.63) is 69.7 Å². The van der Waals surface area contributed by atoms with Crippen molar-refractivity contribution >= 4 is 45.1 Å². The molecule has 0 aromatic heterocycles. The van der Waals surface area contributed by atoms with Crippen molar-refractivity contribution in [1.82, 2.24) is 4.72 Å². The molecule has 7 heteroatoms. The first-order valence-corrected chi connectivity index (χ1v) is 8.79. The first kappa shape index (κ1) is 17.7. The van der Waals surface area contributed by atoms with Crippen LogP contribution in [0.5, 0.6) is 0 Å². The van der Waals surface area contributed by atoms with Gasteiger partial charge in [-0.05, 0) is 55.1 Å². The Bertz CT molecular complexity index is 859. The molecule has 2 rings (SSSR count). The Hall–Kier alpha value is -1.66. The molecule has 0 aliphatic heterocycles. The second-order valence-electron chi connectivity index (χ2n) is 4.57. The second kappa shape index (κ2) is 7.27. The fraction of sp³-hybridized carbons (Fsp3) is 0.0625. The van der Waals surface area contributed by atoms with E-state index in [1.165, 1.54) is 37.4 Å². The summed E-state index contributed by atoms with van der Waals surface area (Å²) in [5.41, 5.74) is 0.997. The number of sulfonamides is 1. The molecule has 4 nitrogen and oxygen atoms in total. The zero-order chi connectivity index (χ0) is 17.0. The van der Waals surface area contributed by atoms with E-state index >= 15 is 0 Å². The van der Waals surface area contributed by atoms with Crippen LogP contribution >= 0.6 is 23.2 Å². The molecule has 0 fully saturated rings. The molecule has 1 N–H and O–H groups in total. The molecule has 0 bridgehead atoms. The SMILES string of the molecule is CNS(=O)(=O)c1ccc(C(=O)/C=C/c2cccc(Cl)c2Cl)cc1. The molecule has 120 valence electrons. The maximum Gasteiger partial charge on any atom is 0.240 e. The minimum atomic E-state index is -3.52. The summed E-state index contributed by atoms with van der Waals surface area (Å²) in [6.45, 7) is 0.